The maximum atomic E-state index is 13.5. The van der Waals surface area contributed by atoms with Gasteiger partial charge in [0.05, 0.1) is 6.20 Å². The van der Waals surface area contributed by atoms with Crippen molar-refractivity contribution in [2.24, 2.45) is 16.9 Å². The van der Waals surface area contributed by atoms with Crippen molar-refractivity contribution in [2.45, 2.75) is 181 Å². The van der Waals surface area contributed by atoms with Crippen LogP contribution < -0.4 is 22.1 Å². The van der Waals surface area contributed by atoms with Crippen LogP contribution in [0.2, 0.25) is 0 Å². The van der Waals surface area contributed by atoms with E-state index >= 15 is 0 Å². The minimum absolute atomic E-state index is 0.110. The number of aryl methyl sites for hydroxylation is 1. The second kappa shape index (κ2) is 38.6. The summed E-state index contributed by atoms with van der Waals surface area (Å²) in [5.41, 5.74) is 10.2. The molecule has 6 N–H and O–H groups in total. The molecule has 15 heteroatoms. The van der Waals surface area contributed by atoms with Gasteiger partial charge in [0, 0.05) is 19.6 Å². The van der Waals surface area contributed by atoms with E-state index in [9.17, 15) is 14.4 Å². The van der Waals surface area contributed by atoms with Gasteiger partial charge in [0.1, 0.15) is 30.9 Å². The van der Waals surface area contributed by atoms with Crippen molar-refractivity contribution in [3.63, 3.8) is 0 Å². The summed E-state index contributed by atoms with van der Waals surface area (Å²) < 4.78 is 18.3. The molecular formula is C46H91N9O6. The Morgan fingerprint density at radius 3 is 1.41 bits per heavy atom. The summed E-state index contributed by atoms with van der Waals surface area (Å²) in [7, 11) is 4.01. The molecule has 1 aromatic heterocycles. The first kappa shape index (κ1) is 56.0. The normalized spacial score (nSPS) is 11.7. The molecule has 0 spiro atoms. The zero-order chi connectivity index (χ0) is 44.7. The number of nitrogens with two attached hydrogens (primary N) is 2. The molecule has 0 unspecified atom stereocenters. The molecule has 1 heterocycles. The second-order valence-corrected chi connectivity index (χ2v) is 17.4. The quantitative estimate of drug-likeness (QED) is 0.0282. The first-order valence-electron chi connectivity index (χ1n) is 24.3. The molecule has 0 fully saturated rings. The number of carbonyl (C=O) groups is 3. The van der Waals surface area contributed by atoms with Gasteiger partial charge in [-0.3, -0.25) is 9.48 Å². The highest BCUT2D eigenvalue weighted by molar-refractivity contribution is 5.78. The summed E-state index contributed by atoms with van der Waals surface area (Å²) in [4.78, 5) is 42.9. The third kappa shape index (κ3) is 32.3. The van der Waals surface area contributed by atoms with E-state index in [0.717, 1.165) is 71.2 Å². The standard InChI is InChI=1S/C46H91N9O6/c1-5-6-7-8-9-10-11-12-13-14-15-16-17-18-19-20-21-22-23-24-37-55-38-42(51-52-55)39-59-43(56)46(2,40-60-44(57)49-31-27-35-53(3)33-25-29-47)41-61-45(58)50-32-28-36-54(4)34-26-30-48/h38H,5-37,39-41,47-48H2,1-4H3,(H,49,57)(H,50,58). The molecule has 0 aromatic carbocycles. The Balaban J connectivity index is 2.37. The third-order valence-electron chi connectivity index (χ3n) is 11.2. The molecule has 2 amide bonds. The minimum Gasteiger partial charge on any atom is -0.458 e. The van der Waals surface area contributed by atoms with Crippen molar-refractivity contribution in [2.75, 3.05) is 79.7 Å². The smallest absolute Gasteiger partial charge is 0.407 e. The van der Waals surface area contributed by atoms with Crippen LogP contribution in [0.25, 0.3) is 0 Å². The van der Waals surface area contributed by atoms with Gasteiger partial charge in [0.2, 0.25) is 0 Å². The van der Waals surface area contributed by atoms with Crippen LogP contribution in [-0.2, 0) is 32.2 Å². The number of ether oxygens (including phenoxy) is 3. The van der Waals surface area contributed by atoms with Gasteiger partial charge < -0.3 is 46.1 Å². The fourth-order valence-corrected chi connectivity index (χ4v) is 7.09. The largest absolute Gasteiger partial charge is 0.458 e. The van der Waals surface area contributed by atoms with E-state index in [4.69, 9.17) is 25.7 Å². The van der Waals surface area contributed by atoms with Gasteiger partial charge in [-0.15, -0.1) is 5.10 Å². The Morgan fingerprint density at radius 1 is 0.607 bits per heavy atom. The maximum Gasteiger partial charge on any atom is 0.407 e. The molecule has 15 nitrogen and oxygen atoms in total. The van der Waals surface area contributed by atoms with Crippen LogP contribution >= 0.6 is 0 Å². The van der Waals surface area contributed by atoms with Gasteiger partial charge in [-0.1, -0.05) is 134 Å². The molecule has 0 aliphatic carbocycles. The van der Waals surface area contributed by atoms with E-state index in [2.05, 4.69) is 37.7 Å². The molecule has 1 aromatic rings. The molecule has 0 bridgehead atoms. The lowest BCUT2D eigenvalue weighted by Gasteiger charge is -2.26. The summed E-state index contributed by atoms with van der Waals surface area (Å²) in [6, 6.07) is 0. The highest BCUT2D eigenvalue weighted by Gasteiger charge is 2.39. The van der Waals surface area contributed by atoms with Gasteiger partial charge in [-0.05, 0) is 92.4 Å². The molecule has 0 aliphatic rings. The predicted molar refractivity (Wildman–Crippen MR) is 246 cm³/mol. The van der Waals surface area contributed by atoms with Crippen LogP contribution in [0.3, 0.4) is 0 Å². The topological polar surface area (TPSA) is 192 Å². The molecule has 0 aliphatic heterocycles. The predicted octanol–water partition coefficient (Wildman–Crippen LogP) is 7.94. The fourth-order valence-electron chi connectivity index (χ4n) is 7.09. The number of hydrogen-bond acceptors (Lipinski definition) is 12. The number of hydrogen-bond donors (Lipinski definition) is 4. The Labute approximate surface area is 370 Å². The van der Waals surface area contributed by atoms with E-state index in [0.29, 0.717) is 31.9 Å². The van der Waals surface area contributed by atoms with Crippen molar-refractivity contribution in [3.05, 3.63) is 11.9 Å². The van der Waals surface area contributed by atoms with E-state index in [1.54, 1.807) is 17.8 Å². The van der Waals surface area contributed by atoms with Crippen LogP contribution in [-0.4, -0.2) is 123 Å². The third-order valence-corrected chi connectivity index (χ3v) is 11.2. The number of esters is 1. The van der Waals surface area contributed by atoms with E-state index < -0.39 is 23.6 Å². The van der Waals surface area contributed by atoms with Gasteiger partial charge in [-0.2, -0.15) is 0 Å². The average Bonchev–Trinajstić information content (AvgIpc) is 3.72. The number of rotatable bonds is 42. The SMILES string of the molecule is CCCCCCCCCCCCCCCCCCCCCCn1cc(COC(=O)C(C)(COC(=O)NCCCN(C)CCCN)COC(=O)NCCCN(C)CCCN)nn1. The number of alkyl carbamates (subject to hydrolysis) is 2. The number of amides is 2. The Hall–Kier alpha value is -3.01. The first-order chi connectivity index (χ1) is 29.6. The molecule has 356 valence electrons. The van der Waals surface area contributed by atoms with Crippen LogP contribution in [0.4, 0.5) is 9.59 Å². The highest BCUT2D eigenvalue weighted by atomic mass is 16.6. The molecule has 1 rings (SSSR count). The van der Waals surface area contributed by atoms with Crippen molar-refractivity contribution in [1.29, 1.82) is 0 Å². The molecule has 0 atom stereocenters. The zero-order valence-corrected chi connectivity index (χ0v) is 39.4. The van der Waals surface area contributed by atoms with Gasteiger partial charge in [0.25, 0.3) is 0 Å². The van der Waals surface area contributed by atoms with Crippen molar-refractivity contribution < 1.29 is 28.6 Å². The summed E-state index contributed by atoms with van der Waals surface area (Å²) in [6.45, 7) is 9.21. The van der Waals surface area contributed by atoms with E-state index in [1.807, 2.05) is 14.1 Å². The second-order valence-electron chi connectivity index (χ2n) is 17.4. The van der Waals surface area contributed by atoms with E-state index in [1.165, 1.54) is 116 Å². The van der Waals surface area contributed by atoms with Crippen molar-refractivity contribution in [1.82, 2.24) is 35.4 Å². The maximum absolute atomic E-state index is 13.5. The highest BCUT2D eigenvalue weighted by Crippen LogP contribution is 2.22. The van der Waals surface area contributed by atoms with Crippen molar-refractivity contribution in [3.8, 4) is 0 Å². The number of carbonyl (C=O) groups excluding carboxylic acids is 3. The number of nitrogens with one attached hydrogen (secondary N) is 2. The average molecular weight is 866 g/mol. The number of nitrogens with zero attached hydrogens (tertiary/aromatic N) is 5. The lowest BCUT2D eigenvalue weighted by atomic mass is 9.93. The summed E-state index contributed by atoms with van der Waals surface area (Å²) in [5, 5.41) is 13.9. The van der Waals surface area contributed by atoms with E-state index in [-0.39, 0.29) is 19.8 Å². The minimum atomic E-state index is -1.46. The Kier molecular flexibility index (Phi) is 35.5. The monoisotopic (exact) mass is 866 g/mol. The number of aromatic nitrogens is 3. The van der Waals surface area contributed by atoms with Crippen molar-refractivity contribution >= 4 is 18.2 Å². The lowest BCUT2D eigenvalue weighted by molar-refractivity contribution is -0.161. The molecule has 0 saturated heterocycles. The molecule has 0 radical (unpaired) electrons. The van der Waals surface area contributed by atoms with Crippen LogP contribution in [0.5, 0.6) is 0 Å². The molecule has 61 heavy (non-hydrogen) atoms. The molecule has 0 saturated carbocycles. The van der Waals surface area contributed by atoms with Crippen LogP contribution in [0.1, 0.15) is 174 Å². The van der Waals surface area contributed by atoms with Gasteiger partial charge >= 0.3 is 18.2 Å². The fraction of sp³-hybridized carbons (Fsp3) is 0.891. The Bertz CT molecular complexity index is 1170. The zero-order valence-electron chi connectivity index (χ0n) is 39.4. The van der Waals surface area contributed by atoms with Crippen LogP contribution in [0.15, 0.2) is 6.20 Å². The van der Waals surface area contributed by atoms with Gasteiger partial charge in [0.15, 0.2) is 0 Å². The lowest BCUT2D eigenvalue weighted by Crippen LogP contribution is -2.43. The first-order valence-corrected chi connectivity index (χ1v) is 24.3. The summed E-state index contributed by atoms with van der Waals surface area (Å²) in [5.74, 6) is -0.681. The summed E-state index contributed by atoms with van der Waals surface area (Å²) >= 11 is 0. The summed E-state index contributed by atoms with van der Waals surface area (Å²) in [6.07, 6.45) is 30.7. The van der Waals surface area contributed by atoms with Gasteiger partial charge in [-0.25, -0.2) is 9.59 Å². The van der Waals surface area contributed by atoms with Crippen LogP contribution in [0, 0.1) is 5.41 Å². The Morgan fingerprint density at radius 2 is 1.00 bits per heavy atom. The molecular weight excluding hydrogens is 775 g/mol. The number of unbranched alkanes of at least 4 members (excludes halogenated alkanes) is 19.